The molecule has 28 heavy (non-hydrogen) atoms. The van der Waals surface area contributed by atoms with E-state index in [2.05, 4.69) is 34.5 Å². The minimum Gasteiger partial charge on any atom is -0.494 e. The second-order valence-electron chi connectivity index (χ2n) is 6.96. The number of aryl methyl sites for hydroxylation is 1. The summed E-state index contributed by atoms with van der Waals surface area (Å²) in [7, 11) is 0. The highest BCUT2D eigenvalue weighted by molar-refractivity contribution is 5.76. The van der Waals surface area contributed by atoms with E-state index < -0.39 is 0 Å². The van der Waals surface area contributed by atoms with Crippen LogP contribution < -0.4 is 10.1 Å². The molecule has 1 aliphatic rings. The molecular weight excluding hydrogens is 352 g/mol. The zero-order valence-electron chi connectivity index (χ0n) is 16.6. The maximum absolute atomic E-state index is 12.4. The van der Waals surface area contributed by atoms with Crippen LogP contribution in [0.2, 0.25) is 0 Å². The van der Waals surface area contributed by atoms with Gasteiger partial charge in [0.1, 0.15) is 5.75 Å². The molecule has 0 aromatic heterocycles. The molecule has 1 unspecified atom stereocenters. The number of ether oxygens (including phenoxy) is 2. The summed E-state index contributed by atoms with van der Waals surface area (Å²) in [6, 6.07) is 18.5. The van der Waals surface area contributed by atoms with E-state index in [4.69, 9.17) is 9.47 Å². The molecule has 1 fully saturated rings. The number of carbonyl (C=O) groups excluding carboxylic acids is 1. The molecule has 150 valence electrons. The maximum atomic E-state index is 12.4. The third-order valence-corrected chi connectivity index (χ3v) is 5.04. The number of hydrogen-bond acceptors (Lipinski definition) is 4. The van der Waals surface area contributed by atoms with Crippen LogP contribution in [0, 0.1) is 0 Å². The first-order valence-electron chi connectivity index (χ1n) is 10.1. The van der Waals surface area contributed by atoms with E-state index in [1.54, 1.807) is 0 Å². The third kappa shape index (κ3) is 6.08. The Balaban J connectivity index is 1.59. The van der Waals surface area contributed by atoms with E-state index >= 15 is 0 Å². The third-order valence-electron chi connectivity index (χ3n) is 5.04. The summed E-state index contributed by atoms with van der Waals surface area (Å²) in [6.07, 6.45) is 1.26. The van der Waals surface area contributed by atoms with Crippen LogP contribution in [-0.4, -0.2) is 50.3 Å². The van der Waals surface area contributed by atoms with Gasteiger partial charge in [-0.3, -0.25) is 9.69 Å². The quantitative estimate of drug-likeness (QED) is 0.724. The molecular formula is C23H30N2O3. The van der Waals surface area contributed by atoms with Gasteiger partial charge in [0.25, 0.3) is 0 Å². The van der Waals surface area contributed by atoms with Gasteiger partial charge < -0.3 is 14.8 Å². The standard InChI is InChI=1S/C23H30N2O3/c1-2-28-21-11-9-20(10-12-21)22(25-14-16-27-17-15-25)18-24-23(26)13-8-19-6-4-3-5-7-19/h3-7,9-12,22H,2,8,13-18H2,1H3,(H,24,26). The fraction of sp³-hybridized carbons (Fsp3) is 0.435. The average molecular weight is 383 g/mol. The second kappa shape index (κ2) is 10.8. The molecule has 0 spiro atoms. The predicted molar refractivity (Wildman–Crippen MR) is 111 cm³/mol. The van der Waals surface area contributed by atoms with Gasteiger partial charge in [0.15, 0.2) is 0 Å². The molecule has 3 rings (SSSR count). The van der Waals surface area contributed by atoms with Crippen LogP contribution in [0.4, 0.5) is 0 Å². The molecule has 1 heterocycles. The summed E-state index contributed by atoms with van der Waals surface area (Å²) in [4.78, 5) is 14.8. The largest absolute Gasteiger partial charge is 0.494 e. The summed E-state index contributed by atoms with van der Waals surface area (Å²) in [5.41, 5.74) is 2.38. The lowest BCUT2D eigenvalue weighted by molar-refractivity contribution is -0.121. The molecule has 0 radical (unpaired) electrons. The van der Waals surface area contributed by atoms with E-state index in [0.29, 0.717) is 19.6 Å². The van der Waals surface area contributed by atoms with E-state index in [1.165, 1.54) is 11.1 Å². The molecule has 1 atom stereocenters. The van der Waals surface area contributed by atoms with E-state index in [0.717, 1.165) is 38.5 Å². The van der Waals surface area contributed by atoms with Crippen LogP contribution in [0.1, 0.15) is 30.5 Å². The van der Waals surface area contributed by atoms with Crippen molar-refractivity contribution in [1.82, 2.24) is 10.2 Å². The number of amides is 1. The van der Waals surface area contributed by atoms with Gasteiger partial charge in [0.2, 0.25) is 5.91 Å². The number of hydrogen-bond donors (Lipinski definition) is 1. The Morgan fingerprint density at radius 2 is 1.82 bits per heavy atom. The van der Waals surface area contributed by atoms with Crippen LogP contribution in [-0.2, 0) is 16.0 Å². The summed E-state index contributed by atoms with van der Waals surface area (Å²) in [5, 5.41) is 3.14. The highest BCUT2D eigenvalue weighted by atomic mass is 16.5. The minimum absolute atomic E-state index is 0.0908. The van der Waals surface area contributed by atoms with Crippen LogP contribution >= 0.6 is 0 Å². The average Bonchev–Trinajstić information content (AvgIpc) is 2.75. The number of nitrogens with zero attached hydrogens (tertiary/aromatic N) is 1. The Kier molecular flexibility index (Phi) is 7.88. The first-order chi connectivity index (χ1) is 13.8. The fourth-order valence-corrected chi connectivity index (χ4v) is 3.50. The molecule has 1 N–H and O–H groups in total. The second-order valence-corrected chi connectivity index (χ2v) is 6.96. The Labute approximate surface area is 167 Å². The van der Waals surface area contributed by atoms with Crippen LogP contribution in [0.25, 0.3) is 0 Å². The zero-order valence-corrected chi connectivity index (χ0v) is 16.6. The smallest absolute Gasteiger partial charge is 0.220 e. The zero-order chi connectivity index (χ0) is 19.6. The molecule has 1 amide bonds. The topological polar surface area (TPSA) is 50.8 Å². The van der Waals surface area contributed by atoms with Crippen LogP contribution in [0.5, 0.6) is 5.75 Å². The van der Waals surface area contributed by atoms with E-state index in [9.17, 15) is 4.79 Å². The highest BCUT2D eigenvalue weighted by Crippen LogP contribution is 2.24. The Bertz CT molecular complexity index is 712. The van der Waals surface area contributed by atoms with Gasteiger partial charge in [-0.05, 0) is 36.6 Å². The molecule has 0 aliphatic carbocycles. The SMILES string of the molecule is CCOc1ccc(C(CNC(=O)CCc2ccccc2)N2CCOCC2)cc1. The van der Waals surface area contributed by atoms with Gasteiger partial charge >= 0.3 is 0 Å². The molecule has 0 bridgehead atoms. The Hall–Kier alpha value is -2.37. The number of benzene rings is 2. The van der Waals surface area contributed by atoms with Gasteiger partial charge in [-0.25, -0.2) is 0 Å². The number of nitrogens with one attached hydrogen (secondary N) is 1. The van der Waals surface area contributed by atoms with Gasteiger partial charge in [0.05, 0.1) is 25.9 Å². The van der Waals surface area contributed by atoms with Crippen molar-refractivity contribution in [3.63, 3.8) is 0 Å². The predicted octanol–water partition coefficient (Wildman–Crippen LogP) is 3.21. The van der Waals surface area contributed by atoms with Crippen molar-refractivity contribution in [2.45, 2.75) is 25.8 Å². The van der Waals surface area contributed by atoms with Crippen molar-refractivity contribution in [3.8, 4) is 5.75 Å². The maximum Gasteiger partial charge on any atom is 0.220 e. The van der Waals surface area contributed by atoms with Crippen LogP contribution in [0.15, 0.2) is 54.6 Å². The van der Waals surface area contributed by atoms with Crippen molar-refractivity contribution >= 4 is 5.91 Å². The lowest BCUT2D eigenvalue weighted by Crippen LogP contribution is -2.43. The van der Waals surface area contributed by atoms with E-state index in [-0.39, 0.29) is 11.9 Å². The highest BCUT2D eigenvalue weighted by Gasteiger charge is 2.23. The molecule has 1 aliphatic heterocycles. The van der Waals surface area contributed by atoms with Gasteiger partial charge in [0, 0.05) is 26.1 Å². The van der Waals surface area contributed by atoms with Crippen molar-refractivity contribution in [2.24, 2.45) is 0 Å². The summed E-state index contributed by atoms with van der Waals surface area (Å²) in [6.45, 7) is 6.45. The van der Waals surface area contributed by atoms with E-state index in [1.807, 2.05) is 37.3 Å². The van der Waals surface area contributed by atoms with Crippen molar-refractivity contribution in [3.05, 3.63) is 65.7 Å². The summed E-state index contributed by atoms with van der Waals surface area (Å²) < 4.78 is 11.1. The summed E-state index contributed by atoms with van der Waals surface area (Å²) in [5.74, 6) is 0.965. The normalized spacial score (nSPS) is 15.8. The lowest BCUT2D eigenvalue weighted by atomic mass is 10.0. The van der Waals surface area contributed by atoms with Crippen molar-refractivity contribution in [2.75, 3.05) is 39.5 Å². The van der Waals surface area contributed by atoms with Gasteiger partial charge in [-0.2, -0.15) is 0 Å². The molecule has 1 saturated heterocycles. The number of morpholine rings is 1. The first kappa shape index (κ1) is 20.4. The molecule has 5 heteroatoms. The summed E-state index contributed by atoms with van der Waals surface area (Å²) >= 11 is 0. The van der Waals surface area contributed by atoms with Gasteiger partial charge in [-0.1, -0.05) is 42.5 Å². The molecule has 0 saturated carbocycles. The minimum atomic E-state index is 0.0908. The van der Waals surface area contributed by atoms with Crippen LogP contribution in [0.3, 0.4) is 0 Å². The monoisotopic (exact) mass is 382 g/mol. The molecule has 2 aromatic carbocycles. The molecule has 5 nitrogen and oxygen atoms in total. The fourth-order valence-electron chi connectivity index (χ4n) is 3.50. The number of carbonyl (C=O) groups is 1. The Morgan fingerprint density at radius 1 is 1.11 bits per heavy atom. The Morgan fingerprint density at radius 3 is 2.50 bits per heavy atom. The van der Waals surface area contributed by atoms with Crippen molar-refractivity contribution in [1.29, 1.82) is 0 Å². The van der Waals surface area contributed by atoms with Crippen molar-refractivity contribution < 1.29 is 14.3 Å². The number of rotatable bonds is 9. The lowest BCUT2D eigenvalue weighted by Gasteiger charge is -2.35. The first-order valence-corrected chi connectivity index (χ1v) is 10.1. The van der Waals surface area contributed by atoms with Gasteiger partial charge in [-0.15, -0.1) is 0 Å². The molecule has 2 aromatic rings.